The third-order valence-electron chi connectivity index (χ3n) is 4.31. The number of halogens is 1. The molecule has 2 saturated heterocycles. The molecular weight excluding hydrogens is 290 g/mol. The van der Waals surface area contributed by atoms with E-state index in [2.05, 4.69) is 10.6 Å². The van der Waals surface area contributed by atoms with Gasteiger partial charge in [0.1, 0.15) is 0 Å². The molecule has 2 aliphatic heterocycles. The molecule has 1 atom stereocenters. The van der Waals surface area contributed by atoms with Crippen LogP contribution in [0.2, 0.25) is 0 Å². The molecule has 0 aliphatic carbocycles. The summed E-state index contributed by atoms with van der Waals surface area (Å²) in [6, 6.07) is 0.237. The van der Waals surface area contributed by atoms with E-state index >= 15 is 0 Å². The van der Waals surface area contributed by atoms with Crippen molar-refractivity contribution < 1.29 is 9.59 Å². The fourth-order valence-electron chi connectivity index (χ4n) is 3.00. The van der Waals surface area contributed by atoms with Crippen LogP contribution >= 0.6 is 12.4 Å². The maximum atomic E-state index is 12.2. The van der Waals surface area contributed by atoms with Gasteiger partial charge in [-0.25, -0.2) is 0 Å². The summed E-state index contributed by atoms with van der Waals surface area (Å²) in [5.74, 6) is 0.602. The second kappa shape index (κ2) is 8.59. The van der Waals surface area contributed by atoms with Gasteiger partial charge in [0.15, 0.2) is 0 Å². The van der Waals surface area contributed by atoms with Crippen LogP contribution in [0.1, 0.15) is 39.5 Å². The van der Waals surface area contributed by atoms with Crippen molar-refractivity contribution in [3.8, 4) is 0 Å². The average molecular weight is 318 g/mol. The van der Waals surface area contributed by atoms with Gasteiger partial charge in [-0.05, 0) is 32.2 Å². The molecule has 2 rings (SSSR count). The molecule has 0 aromatic carbocycles. The highest BCUT2D eigenvalue weighted by Crippen LogP contribution is 2.15. The summed E-state index contributed by atoms with van der Waals surface area (Å²) in [4.78, 5) is 26.0. The zero-order valence-electron chi connectivity index (χ0n) is 13.1. The minimum absolute atomic E-state index is 0. The van der Waals surface area contributed by atoms with Gasteiger partial charge in [-0.15, -0.1) is 12.4 Å². The highest BCUT2D eigenvalue weighted by molar-refractivity contribution is 5.85. The molecule has 0 aromatic heterocycles. The molecule has 0 bridgehead atoms. The number of likely N-dealkylation sites (tertiary alicyclic amines) is 1. The molecule has 122 valence electrons. The van der Waals surface area contributed by atoms with E-state index in [4.69, 9.17) is 0 Å². The number of hydrogen-bond donors (Lipinski definition) is 2. The van der Waals surface area contributed by atoms with Crippen molar-refractivity contribution in [2.75, 3.05) is 26.2 Å². The maximum absolute atomic E-state index is 12.2. The molecule has 2 fully saturated rings. The molecule has 0 aromatic rings. The first kappa shape index (κ1) is 18.2. The van der Waals surface area contributed by atoms with Crippen LogP contribution in [0.4, 0.5) is 0 Å². The smallest absolute Gasteiger partial charge is 0.225 e. The van der Waals surface area contributed by atoms with E-state index in [1.165, 1.54) is 0 Å². The highest BCUT2D eigenvalue weighted by Gasteiger charge is 2.27. The number of piperidine rings is 2. The van der Waals surface area contributed by atoms with Gasteiger partial charge in [-0.3, -0.25) is 9.59 Å². The molecule has 0 radical (unpaired) electrons. The molecule has 2 heterocycles. The summed E-state index contributed by atoms with van der Waals surface area (Å²) in [5.41, 5.74) is 0. The van der Waals surface area contributed by atoms with Gasteiger partial charge in [-0.2, -0.15) is 0 Å². The van der Waals surface area contributed by atoms with Gasteiger partial charge in [0, 0.05) is 31.6 Å². The van der Waals surface area contributed by atoms with Crippen LogP contribution in [0.5, 0.6) is 0 Å². The normalized spacial score (nSPS) is 23.6. The first-order valence-electron chi connectivity index (χ1n) is 7.88. The van der Waals surface area contributed by atoms with Crippen LogP contribution < -0.4 is 10.6 Å². The Morgan fingerprint density at radius 1 is 1.19 bits per heavy atom. The first-order valence-corrected chi connectivity index (χ1v) is 7.88. The molecule has 0 spiro atoms. The first-order chi connectivity index (χ1) is 9.58. The quantitative estimate of drug-likeness (QED) is 0.821. The number of amides is 2. The number of carbonyl (C=O) groups excluding carboxylic acids is 2. The lowest BCUT2D eigenvalue weighted by molar-refractivity contribution is -0.135. The summed E-state index contributed by atoms with van der Waals surface area (Å²) in [5, 5.41) is 6.43. The van der Waals surface area contributed by atoms with Crippen molar-refractivity contribution >= 4 is 24.2 Å². The number of rotatable bonds is 3. The van der Waals surface area contributed by atoms with Gasteiger partial charge in [0.25, 0.3) is 0 Å². The summed E-state index contributed by atoms with van der Waals surface area (Å²) in [6.45, 7) is 7.24. The Balaban J connectivity index is 0.00000220. The summed E-state index contributed by atoms with van der Waals surface area (Å²) in [6.07, 6.45) is 3.83. The Kier molecular flexibility index (Phi) is 7.46. The predicted molar refractivity (Wildman–Crippen MR) is 85.4 cm³/mol. The Morgan fingerprint density at radius 3 is 2.38 bits per heavy atom. The van der Waals surface area contributed by atoms with Crippen molar-refractivity contribution in [2.24, 2.45) is 11.8 Å². The standard InChI is InChI=1S/C15H27N3O2.ClH/c1-11(2)15(20)18-8-5-13(6-9-18)17-14(19)12-4-3-7-16-10-12;/h11-13,16H,3-10H2,1-2H3,(H,17,19);1H/t12-;/m1./s1. The fourth-order valence-corrected chi connectivity index (χ4v) is 3.00. The van der Waals surface area contributed by atoms with Crippen LogP contribution in [0.3, 0.4) is 0 Å². The molecule has 2 N–H and O–H groups in total. The lowest BCUT2D eigenvalue weighted by atomic mass is 9.97. The monoisotopic (exact) mass is 317 g/mol. The maximum Gasteiger partial charge on any atom is 0.225 e. The SMILES string of the molecule is CC(C)C(=O)N1CCC(NC(=O)[C@@H]2CCCNC2)CC1.Cl. The van der Waals surface area contributed by atoms with Crippen molar-refractivity contribution in [2.45, 2.75) is 45.6 Å². The average Bonchev–Trinajstić information content (AvgIpc) is 2.48. The predicted octanol–water partition coefficient (Wildman–Crippen LogP) is 1.17. The molecule has 0 saturated carbocycles. The molecule has 2 aliphatic rings. The summed E-state index contributed by atoms with van der Waals surface area (Å²) < 4.78 is 0. The second-order valence-corrected chi connectivity index (χ2v) is 6.31. The van der Waals surface area contributed by atoms with Crippen molar-refractivity contribution in [3.05, 3.63) is 0 Å². The summed E-state index contributed by atoms with van der Waals surface area (Å²) in [7, 11) is 0. The van der Waals surface area contributed by atoms with E-state index in [1.54, 1.807) is 0 Å². The second-order valence-electron chi connectivity index (χ2n) is 6.31. The van der Waals surface area contributed by atoms with E-state index in [-0.39, 0.29) is 42.1 Å². The highest BCUT2D eigenvalue weighted by atomic mass is 35.5. The lowest BCUT2D eigenvalue weighted by Gasteiger charge is -2.34. The van der Waals surface area contributed by atoms with Gasteiger partial charge < -0.3 is 15.5 Å². The van der Waals surface area contributed by atoms with Gasteiger partial charge in [0.05, 0.1) is 5.92 Å². The van der Waals surface area contributed by atoms with Gasteiger partial charge in [0.2, 0.25) is 11.8 Å². The Morgan fingerprint density at radius 2 is 1.86 bits per heavy atom. The van der Waals surface area contributed by atoms with E-state index < -0.39 is 0 Å². The van der Waals surface area contributed by atoms with Crippen LogP contribution in [-0.4, -0.2) is 48.9 Å². The minimum atomic E-state index is 0. The number of nitrogens with zero attached hydrogens (tertiary/aromatic N) is 1. The molecule has 2 amide bonds. The van der Waals surface area contributed by atoms with Crippen molar-refractivity contribution in [1.82, 2.24) is 15.5 Å². The Labute approximate surface area is 133 Å². The molecular formula is C15H28ClN3O2. The number of carbonyl (C=O) groups is 2. The topological polar surface area (TPSA) is 61.4 Å². The minimum Gasteiger partial charge on any atom is -0.353 e. The Hall–Kier alpha value is -0.810. The number of hydrogen-bond acceptors (Lipinski definition) is 3. The summed E-state index contributed by atoms with van der Waals surface area (Å²) >= 11 is 0. The third-order valence-corrected chi connectivity index (χ3v) is 4.31. The third kappa shape index (κ3) is 5.15. The largest absolute Gasteiger partial charge is 0.353 e. The molecule has 21 heavy (non-hydrogen) atoms. The number of nitrogens with one attached hydrogen (secondary N) is 2. The Bertz CT molecular complexity index is 349. The van der Waals surface area contributed by atoms with Crippen LogP contribution in [0.15, 0.2) is 0 Å². The van der Waals surface area contributed by atoms with Gasteiger partial charge >= 0.3 is 0 Å². The fraction of sp³-hybridized carbons (Fsp3) is 0.867. The van der Waals surface area contributed by atoms with Crippen LogP contribution in [0.25, 0.3) is 0 Å². The van der Waals surface area contributed by atoms with E-state index in [9.17, 15) is 9.59 Å². The van der Waals surface area contributed by atoms with E-state index in [0.29, 0.717) is 0 Å². The van der Waals surface area contributed by atoms with E-state index in [0.717, 1.165) is 51.9 Å². The molecule has 5 nitrogen and oxygen atoms in total. The van der Waals surface area contributed by atoms with Gasteiger partial charge in [-0.1, -0.05) is 13.8 Å². The molecule has 0 unspecified atom stereocenters. The van der Waals surface area contributed by atoms with Crippen LogP contribution in [-0.2, 0) is 9.59 Å². The van der Waals surface area contributed by atoms with Crippen molar-refractivity contribution in [1.29, 1.82) is 0 Å². The zero-order valence-corrected chi connectivity index (χ0v) is 13.9. The van der Waals surface area contributed by atoms with E-state index in [1.807, 2.05) is 18.7 Å². The zero-order chi connectivity index (χ0) is 14.5. The van der Waals surface area contributed by atoms with Crippen molar-refractivity contribution in [3.63, 3.8) is 0 Å². The molecule has 6 heteroatoms. The lowest BCUT2D eigenvalue weighted by Crippen LogP contribution is -2.50. The van der Waals surface area contributed by atoms with Crippen LogP contribution in [0, 0.1) is 11.8 Å².